The SMILES string of the molecule is B.CN1c2ccccc2Sc2cc(CO[C@H]3CN4CCC3CC4)ccc21. The molecule has 3 fully saturated rings. The first-order valence-electron chi connectivity index (χ1n) is 9.25. The van der Waals surface area contributed by atoms with Gasteiger partial charge in [0, 0.05) is 23.4 Å². The van der Waals surface area contributed by atoms with Crippen molar-refractivity contribution in [2.24, 2.45) is 5.92 Å². The quantitative estimate of drug-likeness (QED) is 0.774. The molecule has 1 atom stereocenters. The van der Waals surface area contributed by atoms with Crippen LogP contribution in [-0.2, 0) is 11.3 Å². The molecule has 3 saturated heterocycles. The maximum Gasteiger partial charge on any atom is 0.0814 e. The van der Waals surface area contributed by atoms with Crippen LogP contribution in [0.15, 0.2) is 52.3 Å². The molecule has 3 nitrogen and oxygen atoms in total. The van der Waals surface area contributed by atoms with Crippen LogP contribution in [0.1, 0.15) is 18.4 Å². The molecule has 0 saturated carbocycles. The van der Waals surface area contributed by atoms with E-state index in [1.807, 2.05) is 11.8 Å². The molecule has 4 aliphatic rings. The van der Waals surface area contributed by atoms with E-state index in [9.17, 15) is 0 Å². The Morgan fingerprint density at radius 1 is 1.04 bits per heavy atom. The van der Waals surface area contributed by atoms with E-state index in [1.165, 1.54) is 52.7 Å². The number of benzene rings is 2. The molecule has 0 radical (unpaired) electrons. The highest BCUT2D eigenvalue weighted by atomic mass is 32.2. The van der Waals surface area contributed by atoms with E-state index in [0.29, 0.717) is 6.10 Å². The second-order valence-electron chi connectivity index (χ2n) is 7.42. The number of piperidine rings is 3. The van der Waals surface area contributed by atoms with Crippen LogP contribution in [0.5, 0.6) is 0 Å². The van der Waals surface area contributed by atoms with E-state index >= 15 is 0 Å². The third kappa shape index (κ3) is 3.17. The number of hydrogen-bond acceptors (Lipinski definition) is 4. The molecule has 0 spiro atoms. The number of hydrogen-bond donors (Lipinski definition) is 0. The largest absolute Gasteiger partial charge is 0.372 e. The van der Waals surface area contributed by atoms with Gasteiger partial charge in [-0.2, -0.15) is 0 Å². The van der Waals surface area contributed by atoms with Gasteiger partial charge in [-0.15, -0.1) is 0 Å². The lowest BCUT2D eigenvalue weighted by Crippen LogP contribution is -2.51. The smallest absolute Gasteiger partial charge is 0.0814 e. The molecule has 2 bridgehead atoms. The van der Waals surface area contributed by atoms with Crippen molar-refractivity contribution >= 4 is 31.5 Å². The average Bonchev–Trinajstić information content (AvgIpc) is 2.67. The first-order chi connectivity index (χ1) is 12.3. The predicted molar refractivity (Wildman–Crippen MR) is 113 cm³/mol. The predicted octanol–water partition coefficient (Wildman–Crippen LogP) is 3.35. The van der Waals surface area contributed by atoms with Crippen molar-refractivity contribution in [1.29, 1.82) is 0 Å². The zero-order chi connectivity index (χ0) is 16.8. The van der Waals surface area contributed by atoms with Gasteiger partial charge < -0.3 is 14.5 Å². The van der Waals surface area contributed by atoms with E-state index in [0.717, 1.165) is 19.1 Å². The van der Waals surface area contributed by atoms with Crippen LogP contribution in [-0.4, -0.2) is 46.1 Å². The van der Waals surface area contributed by atoms with Crippen molar-refractivity contribution in [3.05, 3.63) is 48.0 Å². The molecule has 4 aliphatic heterocycles. The van der Waals surface area contributed by atoms with Crippen molar-refractivity contribution in [2.45, 2.75) is 35.3 Å². The summed E-state index contributed by atoms with van der Waals surface area (Å²) in [7, 11) is 2.15. The van der Waals surface area contributed by atoms with Gasteiger partial charge in [-0.1, -0.05) is 30.0 Å². The fourth-order valence-corrected chi connectivity index (χ4v) is 5.59. The molecule has 0 amide bonds. The van der Waals surface area contributed by atoms with Crippen LogP contribution in [0, 0.1) is 5.92 Å². The maximum atomic E-state index is 6.33. The van der Waals surface area contributed by atoms with Gasteiger partial charge in [0.25, 0.3) is 0 Å². The molecule has 4 heterocycles. The average molecular weight is 366 g/mol. The summed E-state index contributed by atoms with van der Waals surface area (Å²) < 4.78 is 6.33. The Morgan fingerprint density at radius 2 is 1.81 bits per heavy atom. The minimum atomic E-state index is 0. The summed E-state index contributed by atoms with van der Waals surface area (Å²) in [4.78, 5) is 7.50. The summed E-state index contributed by atoms with van der Waals surface area (Å²) >= 11 is 1.87. The molecule has 0 unspecified atom stereocenters. The summed E-state index contributed by atoms with van der Waals surface area (Å²) in [5.74, 6) is 0.773. The molecule has 2 aromatic carbocycles. The van der Waals surface area contributed by atoms with Crippen molar-refractivity contribution < 1.29 is 4.74 Å². The molecule has 136 valence electrons. The van der Waals surface area contributed by atoms with Gasteiger partial charge in [0.05, 0.1) is 32.5 Å². The number of para-hydroxylation sites is 1. The number of anilines is 2. The molecular formula is C21H27BN2OS. The van der Waals surface area contributed by atoms with Crippen molar-refractivity contribution in [2.75, 3.05) is 31.6 Å². The third-order valence-corrected chi connectivity index (χ3v) is 7.00. The lowest BCUT2D eigenvalue weighted by atomic mass is 9.86. The molecule has 6 rings (SSSR count). The number of fused-ring (bicyclic) bond motifs is 5. The minimum Gasteiger partial charge on any atom is -0.372 e. The van der Waals surface area contributed by atoms with E-state index in [-0.39, 0.29) is 8.41 Å². The van der Waals surface area contributed by atoms with Gasteiger partial charge in [-0.05, 0) is 61.7 Å². The summed E-state index contributed by atoms with van der Waals surface area (Å²) in [6.07, 6.45) is 3.05. The zero-order valence-corrected chi connectivity index (χ0v) is 15.5. The molecule has 0 aromatic heterocycles. The lowest BCUT2D eigenvalue weighted by molar-refractivity contribution is -0.0766. The topological polar surface area (TPSA) is 15.7 Å². The van der Waals surface area contributed by atoms with Crippen molar-refractivity contribution in [3.63, 3.8) is 0 Å². The van der Waals surface area contributed by atoms with E-state index in [2.05, 4.69) is 59.3 Å². The number of nitrogens with zero attached hydrogens (tertiary/aromatic N) is 2. The Morgan fingerprint density at radius 3 is 2.58 bits per heavy atom. The molecule has 2 aromatic rings. The monoisotopic (exact) mass is 366 g/mol. The fraction of sp³-hybridized carbons (Fsp3) is 0.429. The first-order valence-corrected chi connectivity index (χ1v) is 10.1. The van der Waals surface area contributed by atoms with Crippen LogP contribution in [0.2, 0.25) is 0 Å². The lowest BCUT2D eigenvalue weighted by Gasteiger charge is -2.44. The molecule has 5 heteroatoms. The van der Waals surface area contributed by atoms with Gasteiger partial charge in [0.15, 0.2) is 0 Å². The van der Waals surface area contributed by atoms with E-state index in [1.54, 1.807) is 0 Å². The van der Waals surface area contributed by atoms with Crippen LogP contribution >= 0.6 is 11.8 Å². The molecule has 26 heavy (non-hydrogen) atoms. The Bertz CT molecular complexity index is 791. The highest BCUT2D eigenvalue weighted by Crippen LogP contribution is 2.47. The van der Waals surface area contributed by atoms with Gasteiger partial charge in [0.2, 0.25) is 0 Å². The molecule has 0 N–H and O–H groups in total. The highest BCUT2D eigenvalue weighted by molar-refractivity contribution is 7.99. The summed E-state index contributed by atoms with van der Waals surface area (Å²) in [6.45, 7) is 4.40. The molecule has 0 aliphatic carbocycles. The summed E-state index contributed by atoms with van der Waals surface area (Å²) in [6, 6.07) is 15.4. The van der Waals surface area contributed by atoms with Gasteiger partial charge in [-0.3, -0.25) is 0 Å². The molecular weight excluding hydrogens is 339 g/mol. The second-order valence-corrected chi connectivity index (χ2v) is 8.50. The summed E-state index contributed by atoms with van der Waals surface area (Å²) in [5.41, 5.74) is 3.86. The highest BCUT2D eigenvalue weighted by Gasteiger charge is 2.34. The van der Waals surface area contributed by atoms with Crippen LogP contribution in [0.25, 0.3) is 0 Å². The minimum absolute atomic E-state index is 0. The first kappa shape index (κ1) is 18.0. The Hall–Kier alpha value is -1.43. The fourth-order valence-electron chi connectivity index (χ4n) is 4.38. The van der Waals surface area contributed by atoms with Gasteiger partial charge in [-0.25, -0.2) is 0 Å². The number of rotatable bonds is 3. The van der Waals surface area contributed by atoms with Crippen molar-refractivity contribution in [1.82, 2.24) is 4.90 Å². The number of ether oxygens (including phenoxy) is 1. The Balaban J connectivity index is 0.00000168. The standard InChI is InChI=1S/C21H24N2OS.BH3/c1-22-17-4-2-3-5-20(17)25-21-12-15(6-7-18(21)22)14-24-19-13-23-10-8-16(19)9-11-23;/h2-7,12,16,19H,8-11,13-14H2,1H3;1H3/t19-;/m0./s1. The van der Waals surface area contributed by atoms with Crippen molar-refractivity contribution in [3.8, 4) is 0 Å². The normalized spacial score (nSPS) is 26.0. The van der Waals surface area contributed by atoms with Crippen LogP contribution in [0.4, 0.5) is 11.4 Å². The van der Waals surface area contributed by atoms with E-state index in [4.69, 9.17) is 4.74 Å². The second kappa shape index (κ2) is 7.30. The summed E-state index contributed by atoms with van der Waals surface area (Å²) in [5, 5.41) is 0. The Kier molecular flexibility index (Phi) is 5.04. The van der Waals surface area contributed by atoms with Gasteiger partial charge >= 0.3 is 0 Å². The van der Waals surface area contributed by atoms with Gasteiger partial charge in [0.1, 0.15) is 0 Å². The van der Waals surface area contributed by atoms with Crippen LogP contribution in [0.3, 0.4) is 0 Å². The van der Waals surface area contributed by atoms with E-state index < -0.39 is 0 Å². The Labute approximate surface area is 162 Å². The maximum absolute atomic E-state index is 6.33. The zero-order valence-electron chi connectivity index (χ0n) is 14.6. The third-order valence-electron chi connectivity index (χ3n) is 5.89. The van der Waals surface area contributed by atoms with Crippen LogP contribution < -0.4 is 4.90 Å².